The second-order valence-electron chi connectivity index (χ2n) is 34.0. The second-order valence-corrected chi connectivity index (χ2v) is 43.4. The molecule has 2 N–H and O–H groups in total. The van der Waals surface area contributed by atoms with Crippen LogP contribution in [0.3, 0.4) is 0 Å². The summed E-state index contributed by atoms with van der Waals surface area (Å²) in [5.41, 5.74) is 16.4. The van der Waals surface area contributed by atoms with Gasteiger partial charge in [-0.2, -0.15) is 0 Å². The van der Waals surface area contributed by atoms with E-state index in [9.17, 15) is 70.4 Å². The molecule has 0 saturated carbocycles. The Hall–Kier alpha value is -13.1. The number of fused-ring (bicyclic) bond motifs is 9. The number of nitrogens with zero attached hydrogens (tertiary/aromatic N) is 6. The molecule has 0 bridgehead atoms. The normalized spacial score (nSPS) is 14.5. The molecule has 12 aromatic rings. The first-order valence-corrected chi connectivity index (χ1v) is 51.6. The Morgan fingerprint density at radius 1 is 0.424 bits per heavy atom. The van der Waals surface area contributed by atoms with Crippen molar-refractivity contribution in [1.82, 2.24) is 24.8 Å². The van der Waals surface area contributed by atoms with Crippen molar-refractivity contribution in [1.29, 1.82) is 0 Å². The predicted molar refractivity (Wildman–Crippen MR) is 529 cm³/mol. The molecule has 0 saturated heterocycles. The van der Waals surface area contributed by atoms with Crippen LogP contribution in [0.2, 0.25) is 0 Å². The molecule has 8 aromatic carbocycles. The number of aromatic amines is 1. The number of halogens is 4. The van der Waals surface area contributed by atoms with Gasteiger partial charge >= 0.3 is 6.09 Å². The maximum atomic E-state index is 13.7. The number of carbonyl (C=O) groups excluding carboxylic acids is 2. The molecule has 1 amide bonds. The zero-order chi connectivity index (χ0) is 101. The molecule has 27 nitrogen and oxygen atoms in total. The van der Waals surface area contributed by atoms with E-state index < -0.39 is 80.8 Å². The van der Waals surface area contributed by atoms with E-state index in [1.165, 1.54) is 91.7 Å². The van der Waals surface area contributed by atoms with E-state index in [-0.39, 0.29) is 117 Å². The topological polar surface area (TPSA) is 365 Å². The maximum absolute atomic E-state index is 13.7. The number of aliphatic imine (C=N–C) groups is 3. The van der Waals surface area contributed by atoms with Gasteiger partial charge in [-0.1, -0.05) is 76.2 Å². The van der Waals surface area contributed by atoms with Gasteiger partial charge in [-0.15, -0.1) is 0 Å². The molecular formula is C104H108F4N8O19S4. The summed E-state index contributed by atoms with van der Waals surface area (Å²) in [5.74, 6) is -1.60. The number of aryl methyl sites for hydroxylation is 1. The van der Waals surface area contributed by atoms with Gasteiger partial charge in [0.25, 0.3) is 5.56 Å². The lowest BCUT2D eigenvalue weighted by atomic mass is 9.89. The van der Waals surface area contributed by atoms with Crippen LogP contribution in [-0.2, 0) is 93.1 Å². The van der Waals surface area contributed by atoms with Crippen LogP contribution in [0.1, 0.15) is 166 Å². The minimum absolute atomic E-state index is 0.0323. The fourth-order valence-corrected chi connectivity index (χ4v) is 19.5. The summed E-state index contributed by atoms with van der Waals surface area (Å²) >= 11 is 0. The van der Waals surface area contributed by atoms with Crippen molar-refractivity contribution in [2.45, 2.75) is 101 Å². The number of hydrogen-bond donors (Lipinski definition) is 2. The van der Waals surface area contributed by atoms with Crippen molar-refractivity contribution in [3.8, 4) is 56.3 Å². The van der Waals surface area contributed by atoms with Gasteiger partial charge < -0.3 is 48.0 Å². The largest absolute Gasteiger partial charge is 0.481 e. The SMILES string of the molecule is CCS(=O)(=O)Cc1ccc(C(=O)c2ccc(F)cc2)c(-c2cnc(OC)cc2C(COC)NC(=O)OC(C)(C)C)c1.CCS(=O)(=O)Cc1ccc2c(c1)-c1c[nH]c(=O)cc1C(COC)N=C2c1ccc(F)cc1.CCS(=O)(=O)Cc1ccc2c(c1)-c1cn(C)c(=O)cc1C(COC)N=C2c1ccc(F)cc1.CCS(=O)(=O)Cc1ccc2c(c1)-c1cnc(OC)cc1C(COC)N=C2c1ccc(F)cc1. The number of rotatable bonds is 30. The third-order valence-electron chi connectivity index (χ3n) is 23.0. The number of hydrogen-bond acceptors (Lipinski definition) is 24. The fourth-order valence-electron chi connectivity index (χ4n) is 16.0. The molecule has 3 aliphatic heterocycles. The number of ketones is 1. The van der Waals surface area contributed by atoms with Crippen molar-refractivity contribution >= 4 is 68.4 Å². The molecule has 139 heavy (non-hydrogen) atoms. The highest BCUT2D eigenvalue weighted by Gasteiger charge is 2.34. The lowest BCUT2D eigenvalue weighted by Gasteiger charge is -2.25. The first-order chi connectivity index (χ1) is 66.1. The van der Waals surface area contributed by atoms with Crippen molar-refractivity contribution in [3.63, 3.8) is 0 Å². The number of ether oxygens (including phenoxy) is 7. The number of sulfone groups is 4. The third kappa shape index (κ3) is 26.5. The Bertz CT molecular complexity index is 7260. The number of benzene rings is 8. The predicted octanol–water partition coefficient (Wildman–Crippen LogP) is 17.0. The summed E-state index contributed by atoms with van der Waals surface area (Å²) in [5, 5.41) is 2.81. The summed E-state index contributed by atoms with van der Waals surface area (Å²) in [4.78, 5) is 77.4. The van der Waals surface area contributed by atoms with E-state index in [2.05, 4.69) is 20.3 Å². The number of carbonyl (C=O) groups is 2. The van der Waals surface area contributed by atoms with Crippen molar-refractivity contribution in [2.24, 2.45) is 22.0 Å². The molecule has 4 atom stereocenters. The molecule has 3 aliphatic rings. The number of aromatic nitrogens is 4. The van der Waals surface area contributed by atoms with Gasteiger partial charge in [0.1, 0.15) is 28.9 Å². The van der Waals surface area contributed by atoms with Crippen molar-refractivity contribution < 1.29 is 94.0 Å². The average molecular weight is 1980 g/mol. The van der Waals surface area contributed by atoms with Gasteiger partial charge in [0, 0.05) is 174 Å². The van der Waals surface area contributed by atoms with E-state index >= 15 is 0 Å². The first-order valence-electron chi connectivity index (χ1n) is 44.3. The molecule has 0 aliphatic carbocycles. The summed E-state index contributed by atoms with van der Waals surface area (Å²) in [7, 11) is -2.21. The molecule has 4 aromatic heterocycles. The molecular weight excluding hydrogens is 1870 g/mol. The van der Waals surface area contributed by atoms with Crippen LogP contribution in [0, 0.1) is 23.3 Å². The number of nitrogens with one attached hydrogen (secondary N) is 2. The summed E-state index contributed by atoms with van der Waals surface area (Å²) in [6.45, 7) is 12.5. The van der Waals surface area contributed by atoms with Gasteiger partial charge in [0.15, 0.2) is 45.1 Å². The van der Waals surface area contributed by atoms with Crippen molar-refractivity contribution in [3.05, 3.63) is 352 Å². The van der Waals surface area contributed by atoms with Crippen LogP contribution in [-0.4, -0.2) is 180 Å². The number of methoxy groups -OCH3 is 6. The monoisotopic (exact) mass is 1980 g/mol. The van der Waals surface area contributed by atoms with Crippen LogP contribution >= 0.6 is 0 Å². The van der Waals surface area contributed by atoms with Crippen LogP contribution in [0.4, 0.5) is 22.4 Å². The minimum atomic E-state index is -3.40. The summed E-state index contributed by atoms with van der Waals surface area (Å²) < 4.78 is 192. The summed E-state index contributed by atoms with van der Waals surface area (Å²) in [6, 6.07) is 49.0. The van der Waals surface area contributed by atoms with Crippen LogP contribution in [0.25, 0.3) is 44.5 Å². The Morgan fingerprint density at radius 3 is 1.19 bits per heavy atom. The minimum Gasteiger partial charge on any atom is -0.481 e. The van der Waals surface area contributed by atoms with Crippen LogP contribution in [0.5, 0.6) is 11.8 Å². The number of amides is 1. The smallest absolute Gasteiger partial charge is 0.408 e. The number of H-pyrrole nitrogens is 1. The Kier molecular flexibility index (Phi) is 34.4. The Morgan fingerprint density at radius 2 is 0.791 bits per heavy atom. The molecule has 35 heteroatoms. The highest BCUT2D eigenvalue weighted by atomic mass is 32.2. The quantitative estimate of drug-likeness (QED) is 0.0312. The van der Waals surface area contributed by atoms with Gasteiger partial charge in [0.05, 0.1) is 105 Å². The van der Waals surface area contributed by atoms with Crippen molar-refractivity contribution in [2.75, 3.05) is 92.1 Å². The van der Waals surface area contributed by atoms with E-state index in [0.717, 1.165) is 61.2 Å². The van der Waals surface area contributed by atoms with E-state index in [4.69, 9.17) is 48.1 Å². The molecule has 4 unspecified atom stereocenters. The van der Waals surface area contributed by atoms with Gasteiger partial charge in [-0.25, -0.2) is 66.0 Å². The standard InChI is InChI=1S/C30H35FN2O7S.2C25H25FN2O4S.C24H23FN2O4S/c1-7-41(36,37)18-19-8-13-22(28(34)20-9-11-21(31)12-10-20)23(14-19)25-16-32-27(39-6)15-24(25)26(17-38-5)33-29(35)40-30(2,3)4;1-4-33(30,31)15-16-5-10-19-20(11-16)22-13-28(2)24(29)12-21(22)23(14-32-3)27-25(19)17-6-8-18(26)9-7-17;1-4-33(29,30)15-16-5-10-19-20(11-16)22-13-27-24(32-3)12-21(22)23(14-31-2)28-25(19)17-6-8-18(26)9-7-17;1-3-32(29,30)14-15-4-9-18-19(10-15)21-12-26-23(28)11-20(21)22(13-31-2)27-24(18)16-5-7-17(25)8-6-16/h8-16,26H,7,17-18H2,1-6H3,(H,33,35);2*5-13,23H,4,14-15H2,1-3H3;4-12,22H,3,13-14H2,1-2H3,(H,26,28). The van der Waals surface area contributed by atoms with E-state index in [1.54, 1.807) is 187 Å². The van der Waals surface area contributed by atoms with Crippen LogP contribution < -0.4 is 25.9 Å². The van der Waals surface area contributed by atoms with Crippen LogP contribution in [0.15, 0.2) is 243 Å². The molecule has 730 valence electrons. The maximum Gasteiger partial charge on any atom is 0.408 e. The Balaban J connectivity index is 0.000000167. The molecule has 7 heterocycles. The lowest BCUT2D eigenvalue weighted by molar-refractivity contribution is 0.0467. The van der Waals surface area contributed by atoms with Gasteiger partial charge in [-0.3, -0.25) is 29.4 Å². The van der Waals surface area contributed by atoms with Gasteiger partial charge in [-0.05, 0) is 209 Å². The van der Waals surface area contributed by atoms with E-state index in [1.807, 2.05) is 42.5 Å². The number of alkyl carbamates (subject to hydrolysis) is 1. The summed E-state index contributed by atoms with van der Waals surface area (Å²) in [6.07, 6.45) is 5.90. The Labute approximate surface area is 805 Å². The number of pyridine rings is 4. The van der Waals surface area contributed by atoms with E-state index in [0.29, 0.717) is 90.8 Å². The van der Waals surface area contributed by atoms with Gasteiger partial charge in [0.2, 0.25) is 17.3 Å². The first kappa shape index (κ1) is 105. The zero-order valence-corrected chi connectivity index (χ0v) is 82.4. The highest BCUT2D eigenvalue weighted by Crippen LogP contribution is 2.44. The molecule has 0 fully saturated rings. The third-order valence-corrected chi connectivity index (χ3v) is 29.6. The molecule has 0 spiro atoms. The molecule has 15 rings (SSSR count). The highest BCUT2D eigenvalue weighted by molar-refractivity contribution is 7.91. The second kappa shape index (κ2) is 45.6. The molecule has 0 radical (unpaired) electrons. The fraction of sp³-hybridized carbons (Fsp3) is 0.298. The average Bonchev–Trinajstić information content (AvgIpc) is 1.69. The zero-order valence-electron chi connectivity index (χ0n) is 79.2. The lowest BCUT2D eigenvalue weighted by Crippen LogP contribution is -2.36.